The van der Waals surface area contributed by atoms with Gasteiger partial charge in [0, 0.05) is 0 Å². The van der Waals surface area contributed by atoms with Crippen LogP contribution in [0.3, 0.4) is 0 Å². The molecule has 0 radical (unpaired) electrons. The summed E-state index contributed by atoms with van der Waals surface area (Å²) in [6, 6.07) is 10.8. The molecule has 2 atom stereocenters. The molecule has 0 bridgehead atoms. The van der Waals surface area contributed by atoms with Gasteiger partial charge in [-0.2, -0.15) is 0 Å². The molecule has 2 nitrogen and oxygen atoms in total. The zero-order chi connectivity index (χ0) is 13.8. The molecule has 1 aliphatic heterocycles. The predicted octanol–water partition coefficient (Wildman–Crippen LogP) is 3.15. The summed E-state index contributed by atoms with van der Waals surface area (Å²) in [4.78, 5) is 0. The van der Waals surface area contributed by atoms with E-state index in [4.69, 9.17) is 9.47 Å². The summed E-state index contributed by atoms with van der Waals surface area (Å²) in [7, 11) is 1.81. The van der Waals surface area contributed by atoms with E-state index in [2.05, 4.69) is 30.3 Å². The van der Waals surface area contributed by atoms with E-state index in [1.807, 2.05) is 7.11 Å². The van der Waals surface area contributed by atoms with Gasteiger partial charge in [0.05, 0.1) is 0 Å². The van der Waals surface area contributed by atoms with Crippen molar-refractivity contribution in [3.63, 3.8) is 0 Å². The molecule has 0 amide bonds. The minimum absolute atomic E-state index is 0.0411. The van der Waals surface area contributed by atoms with Crippen molar-refractivity contribution in [2.45, 2.75) is 56.2 Å². The summed E-state index contributed by atoms with van der Waals surface area (Å²) in [5.41, 5.74) is 0.324. The third-order valence-corrected chi connectivity index (χ3v) is 7.09. The zero-order valence-electron chi connectivity index (χ0n) is 12.2. The van der Waals surface area contributed by atoms with Gasteiger partial charge in [0.15, 0.2) is 0 Å². The fourth-order valence-corrected chi connectivity index (χ4v) is 5.66. The average Bonchev–Trinajstić information content (AvgIpc) is 2.84. The van der Waals surface area contributed by atoms with Gasteiger partial charge in [-0.05, 0) is 0 Å². The Bertz CT molecular complexity index is 414. The van der Waals surface area contributed by atoms with Crippen LogP contribution in [-0.2, 0) is 9.47 Å². The molecule has 1 saturated heterocycles. The van der Waals surface area contributed by atoms with Crippen LogP contribution >= 0.6 is 0 Å². The van der Waals surface area contributed by atoms with Gasteiger partial charge in [-0.25, -0.2) is 0 Å². The van der Waals surface area contributed by atoms with E-state index >= 15 is 0 Å². The van der Waals surface area contributed by atoms with Gasteiger partial charge in [0.1, 0.15) is 0 Å². The minimum atomic E-state index is 0.0411. The summed E-state index contributed by atoms with van der Waals surface area (Å²) in [5.74, 6) is 0. The number of hydrogen-bond donors (Lipinski definition) is 0. The topological polar surface area (TPSA) is 18.5 Å². The SMILES string of the molecule is CO[C@H]1O[C@@H](C[Se]c2ccccc2)CC12CCCCC2. The molecule has 1 spiro atoms. The summed E-state index contributed by atoms with van der Waals surface area (Å²) < 4.78 is 13.4. The second kappa shape index (κ2) is 6.61. The molecular weight excluding hydrogens is 315 g/mol. The first-order chi connectivity index (χ1) is 9.82. The van der Waals surface area contributed by atoms with Gasteiger partial charge in [0.25, 0.3) is 0 Å². The summed E-state index contributed by atoms with van der Waals surface area (Å²) in [5, 5.41) is 1.18. The molecule has 2 aliphatic rings. The molecule has 3 heteroatoms. The van der Waals surface area contributed by atoms with E-state index in [-0.39, 0.29) is 6.29 Å². The molecule has 1 heterocycles. The Kier molecular flexibility index (Phi) is 4.83. The second-order valence-electron chi connectivity index (χ2n) is 6.08. The van der Waals surface area contributed by atoms with Crippen molar-refractivity contribution in [1.29, 1.82) is 0 Å². The second-order valence-corrected chi connectivity index (χ2v) is 8.37. The van der Waals surface area contributed by atoms with E-state index in [9.17, 15) is 0 Å². The standard InChI is InChI=1S/C17H24O2Se/c1-18-16-17(10-6-3-7-11-17)12-14(19-16)13-20-15-8-4-2-5-9-15/h2,4-5,8-9,14,16H,3,6-7,10-13H2,1H3/t14-,16+/m1/s1. The molecule has 1 aromatic carbocycles. The van der Waals surface area contributed by atoms with Gasteiger partial charge >= 0.3 is 128 Å². The molecule has 1 saturated carbocycles. The molecule has 3 rings (SSSR count). The molecule has 0 aromatic heterocycles. The van der Waals surface area contributed by atoms with E-state index in [1.165, 1.54) is 48.3 Å². The molecular formula is C17H24O2Se. The monoisotopic (exact) mass is 340 g/mol. The third-order valence-electron chi connectivity index (χ3n) is 4.69. The van der Waals surface area contributed by atoms with Crippen LogP contribution in [0.4, 0.5) is 0 Å². The van der Waals surface area contributed by atoms with Gasteiger partial charge in [-0.15, -0.1) is 0 Å². The van der Waals surface area contributed by atoms with Crippen molar-refractivity contribution in [2.75, 3.05) is 7.11 Å². The number of ether oxygens (including phenoxy) is 2. The van der Waals surface area contributed by atoms with Crippen molar-refractivity contribution < 1.29 is 9.47 Å². The van der Waals surface area contributed by atoms with Crippen molar-refractivity contribution in [3.8, 4) is 0 Å². The van der Waals surface area contributed by atoms with Crippen LogP contribution in [-0.4, -0.2) is 34.5 Å². The first kappa shape index (κ1) is 14.6. The molecule has 1 aromatic rings. The third kappa shape index (κ3) is 3.12. The zero-order valence-corrected chi connectivity index (χ0v) is 13.9. The number of benzene rings is 1. The van der Waals surface area contributed by atoms with Gasteiger partial charge in [0.2, 0.25) is 0 Å². The molecule has 110 valence electrons. The van der Waals surface area contributed by atoms with Crippen molar-refractivity contribution in [1.82, 2.24) is 0 Å². The van der Waals surface area contributed by atoms with Crippen LogP contribution in [0, 0.1) is 5.41 Å². The van der Waals surface area contributed by atoms with Crippen LogP contribution in [0.1, 0.15) is 38.5 Å². The van der Waals surface area contributed by atoms with E-state index in [0.717, 1.165) is 0 Å². The van der Waals surface area contributed by atoms with Crippen LogP contribution in [0.25, 0.3) is 0 Å². The normalized spacial score (nSPS) is 28.9. The molecule has 0 N–H and O–H groups in total. The van der Waals surface area contributed by atoms with Crippen LogP contribution in [0.2, 0.25) is 5.32 Å². The van der Waals surface area contributed by atoms with Crippen molar-refractivity contribution in [3.05, 3.63) is 30.3 Å². The summed E-state index contributed by atoms with van der Waals surface area (Å²) in [6.07, 6.45) is 8.31. The Morgan fingerprint density at radius 2 is 1.95 bits per heavy atom. The first-order valence-electron chi connectivity index (χ1n) is 7.68. The van der Waals surface area contributed by atoms with Crippen LogP contribution < -0.4 is 4.46 Å². The maximum absolute atomic E-state index is 6.22. The quantitative estimate of drug-likeness (QED) is 0.785. The Hall–Kier alpha value is -0.341. The van der Waals surface area contributed by atoms with E-state index in [1.54, 1.807) is 0 Å². The maximum atomic E-state index is 6.22. The van der Waals surface area contributed by atoms with Gasteiger partial charge < -0.3 is 0 Å². The fourth-order valence-electron chi connectivity index (χ4n) is 3.72. The van der Waals surface area contributed by atoms with Gasteiger partial charge in [-0.1, -0.05) is 0 Å². The Morgan fingerprint density at radius 1 is 1.20 bits per heavy atom. The molecule has 2 fully saturated rings. The number of rotatable bonds is 4. The summed E-state index contributed by atoms with van der Waals surface area (Å²) in [6.45, 7) is 0. The van der Waals surface area contributed by atoms with Crippen molar-refractivity contribution >= 4 is 19.4 Å². The molecule has 1 aliphatic carbocycles. The van der Waals surface area contributed by atoms with Crippen LogP contribution in [0.15, 0.2) is 30.3 Å². The fraction of sp³-hybridized carbons (Fsp3) is 0.647. The molecule has 0 unspecified atom stereocenters. The molecule has 20 heavy (non-hydrogen) atoms. The van der Waals surface area contributed by atoms with E-state index in [0.29, 0.717) is 26.5 Å². The van der Waals surface area contributed by atoms with Crippen LogP contribution in [0.5, 0.6) is 0 Å². The summed E-state index contributed by atoms with van der Waals surface area (Å²) >= 11 is 0.518. The predicted molar refractivity (Wildman–Crippen MR) is 82.4 cm³/mol. The van der Waals surface area contributed by atoms with E-state index < -0.39 is 0 Å². The first-order valence-corrected chi connectivity index (χ1v) is 9.75. The average molecular weight is 339 g/mol. The Labute approximate surface area is 128 Å². The van der Waals surface area contributed by atoms with Crippen molar-refractivity contribution in [2.24, 2.45) is 5.41 Å². The number of methoxy groups -OCH3 is 1. The number of hydrogen-bond acceptors (Lipinski definition) is 2. The van der Waals surface area contributed by atoms with Gasteiger partial charge in [-0.3, -0.25) is 0 Å². The Balaban J connectivity index is 1.59. The Morgan fingerprint density at radius 3 is 2.65 bits per heavy atom.